The van der Waals surface area contributed by atoms with Crippen LogP contribution in [0.4, 0.5) is 0 Å². The monoisotopic (exact) mass is 357 g/mol. The molecule has 0 amide bonds. The van der Waals surface area contributed by atoms with Gasteiger partial charge in [-0.05, 0) is 49.3 Å². The molecule has 1 aromatic carbocycles. The Balaban J connectivity index is 1.66. The van der Waals surface area contributed by atoms with E-state index in [0.717, 1.165) is 18.0 Å². The van der Waals surface area contributed by atoms with Crippen LogP contribution in [0.3, 0.4) is 0 Å². The Morgan fingerprint density at radius 1 is 1.17 bits per heavy atom. The molecule has 5 nitrogen and oxygen atoms in total. The minimum absolute atomic E-state index is 0.326. The molecule has 3 N–H and O–H groups in total. The number of amidine groups is 1. The van der Waals surface area contributed by atoms with Crippen molar-refractivity contribution in [2.24, 2.45) is 10.8 Å². The van der Waals surface area contributed by atoms with E-state index in [2.05, 4.69) is 32.5 Å². The fourth-order valence-electron chi connectivity index (χ4n) is 2.40. The summed E-state index contributed by atoms with van der Waals surface area (Å²) in [4.78, 5) is 8.62. The van der Waals surface area contributed by atoms with Crippen LogP contribution in [0.25, 0.3) is 0 Å². The molecule has 0 spiro atoms. The predicted molar refractivity (Wildman–Crippen MR) is 102 cm³/mol. The Kier molecular flexibility index (Phi) is 5.66. The maximum absolute atomic E-state index is 6.04. The molecule has 0 unspecified atom stereocenters. The number of rotatable bonds is 4. The molecule has 1 aliphatic heterocycles. The van der Waals surface area contributed by atoms with Gasteiger partial charge in [-0.3, -0.25) is 10.4 Å². The van der Waals surface area contributed by atoms with Crippen LogP contribution in [0.15, 0.2) is 63.6 Å². The lowest BCUT2D eigenvalue weighted by molar-refractivity contribution is 0.509. The van der Waals surface area contributed by atoms with E-state index in [1.165, 1.54) is 17.7 Å². The second-order valence-corrected chi connectivity index (χ2v) is 6.93. The van der Waals surface area contributed by atoms with Crippen LogP contribution in [0, 0.1) is 0 Å². The van der Waals surface area contributed by atoms with Gasteiger partial charge in [0.1, 0.15) is 5.69 Å². The highest BCUT2D eigenvalue weighted by molar-refractivity contribution is 7.99. The SMILES string of the molecule is N/C(=N\NC(=S)N1CCCC1)c1cc(Sc2ccccc2)ccn1. The largest absolute Gasteiger partial charge is 0.380 e. The minimum atomic E-state index is 0.326. The first-order valence-electron chi connectivity index (χ1n) is 7.80. The molecule has 0 radical (unpaired) electrons. The Hall–Kier alpha value is -2.12. The molecule has 24 heavy (non-hydrogen) atoms. The van der Waals surface area contributed by atoms with Gasteiger partial charge in [-0.2, -0.15) is 5.10 Å². The zero-order valence-corrected chi connectivity index (χ0v) is 14.8. The lowest BCUT2D eigenvalue weighted by Gasteiger charge is -2.17. The average Bonchev–Trinajstić information content (AvgIpc) is 3.15. The molecular weight excluding hydrogens is 338 g/mol. The third kappa shape index (κ3) is 4.46. The van der Waals surface area contributed by atoms with Crippen molar-refractivity contribution in [2.45, 2.75) is 22.6 Å². The highest BCUT2D eigenvalue weighted by Crippen LogP contribution is 2.27. The van der Waals surface area contributed by atoms with Gasteiger partial charge in [-0.1, -0.05) is 30.0 Å². The Bertz CT molecular complexity index is 727. The summed E-state index contributed by atoms with van der Waals surface area (Å²) in [5.41, 5.74) is 9.54. The number of likely N-dealkylation sites (tertiary alicyclic amines) is 1. The van der Waals surface area contributed by atoms with E-state index < -0.39 is 0 Å². The zero-order chi connectivity index (χ0) is 16.8. The van der Waals surface area contributed by atoms with Crippen LogP contribution in [0.1, 0.15) is 18.5 Å². The normalized spacial score (nSPS) is 14.7. The molecule has 1 aromatic heterocycles. The number of aromatic nitrogens is 1. The third-order valence-corrected chi connectivity index (χ3v) is 4.99. The van der Waals surface area contributed by atoms with E-state index >= 15 is 0 Å². The predicted octanol–water partition coefficient (Wildman–Crippen LogP) is 2.82. The van der Waals surface area contributed by atoms with Gasteiger partial charge >= 0.3 is 0 Å². The number of hydrogen-bond acceptors (Lipinski definition) is 4. The first-order chi connectivity index (χ1) is 11.7. The van der Waals surface area contributed by atoms with Crippen molar-refractivity contribution in [3.8, 4) is 0 Å². The maximum atomic E-state index is 6.04. The van der Waals surface area contributed by atoms with E-state index in [1.807, 2.05) is 30.3 Å². The number of hydrazone groups is 1. The highest BCUT2D eigenvalue weighted by Gasteiger charge is 2.14. The van der Waals surface area contributed by atoms with Gasteiger partial charge in [0.25, 0.3) is 0 Å². The van der Waals surface area contributed by atoms with Gasteiger partial charge in [-0.15, -0.1) is 0 Å². The van der Waals surface area contributed by atoms with Crippen molar-refractivity contribution in [2.75, 3.05) is 13.1 Å². The van der Waals surface area contributed by atoms with Gasteiger partial charge in [0, 0.05) is 29.1 Å². The van der Waals surface area contributed by atoms with Crippen LogP contribution < -0.4 is 11.2 Å². The molecule has 124 valence electrons. The molecule has 1 aliphatic rings. The van der Waals surface area contributed by atoms with Gasteiger partial charge < -0.3 is 10.6 Å². The smallest absolute Gasteiger partial charge is 0.189 e. The number of nitrogens with zero attached hydrogens (tertiary/aromatic N) is 3. The van der Waals surface area contributed by atoms with Gasteiger partial charge in [-0.25, -0.2) is 0 Å². The lowest BCUT2D eigenvalue weighted by Crippen LogP contribution is -2.36. The molecule has 1 fully saturated rings. The number of nitrogens with one attached hydrogen (secondary N) is 1. The zero-order valence-electron chi connectivity index (χ0n) is 13.2. The van der Waals surface area contributed by atoms with Gasteiger partial charge in [0.15, 0.2) is 10.9 Å². The van der Waals surface area contributed by atoms with E-state index in [9.17, 15) is 0 Å². The Morgan fingerprint density at radius 3 is 2.67 bits per heavy atom. The van der Waals surface area contributed by atoms with Crippen molar-refractivity contribution < 1.29 is 0 Å². The van der Waals surface area contributed by atoms with E-state index in [1.54, 1.807) is 18.0 Å². The molecule has 7 heteroatoms. The second kappa shape index (κ2) is 8.12. The van der Waals surface area contributed by atoms with Crippen molar-refractivity contribution in [3.05, 3.63) is 54.4 Å². The number of nitrogens with two attached hydrogens (primary N) is 1. The average molecular weight is 358 g/mol. The summed E-state index contributed by atoms with van der Waals surface area (Å²) in [7, 11) is 0. The standard InChI is InChI=1S/C17H19N5S2/c18-16(20-21-17(23)22-10-4-5-11-22)15-12-14(8-9-19-15)24-13-6-2-1-3-7-13/h1-3,6-9,12H,4-5,10-11H2,(H2,18,20)(H,21,23). The minimum Gasteiger partial charge on any atom is -0.380 e. The summed E-state index contributed by atoms with van der Waals surface area (Å²) in [5, 5.41) is 4.79. The summed E-state index contributed by atoms with van der Waals surface area (Å²) >= 11 is 6.98. The van der Waals surface area contributed by atoms with Crippen LogP contribution in [-0.4, -0.2) is 33.9 Å². The van der Waals surface area contributed by atoms with Crippen LogP contribution in [0.5, 0.6) is 0 Å². The summed E-state index contributed by atoms with van der Waals surface area (Å²) in [6, 6.07) is 14.1. The molecule has 3 rings (SSSR count). The lowest BCUT2D eigenvalue weighted by atomic mass is 10.3. The van der Waals surface area contributed by atoms with Crippen molar-refractivity contribution in [1.82, 2.24) is 15.3 Å². The Morgan fingerprint density at radius 2 is 1.92 bits per heavy atom. The molecule has 2 heterocycles. The van der Waals surface area contributed by atoms with Crippen LogP contribution in [-0.2, 0) is 0 Å². The number of thiocarbonyl (C=S) groups is 1. The van der Waals surface area contributed by atoms with Crippen LogP contribution in [0.2, 0.25) is 0 Å². The van der Waals surface area contributed by atoms with E-state index in [-0.39, 0.29) is 0 Å². The highest BCUT2D eigenvalue weighted by atomic mass is 32.2. The maximum Gasteiger partial charge on any atom is 0.189 e. The van der Waals surface area contributed by atoms with Crippen molar-refractivity contribution in [3.63, 3.8) is 0 Å². The third-order valence-electron chi connectivity index (χ3n) is 3.64. The summed E-state index contributed by atoms with van der Waals surface area (Å²) < 4.78 is 0. The number of pyridine rings is 1. The quantitative estimate of drug-likeness (QED) is 0.380. The fourth-order valence-corrected chi connectivity index (χ4v) is 3.49. The molecule has 0 aliphatic carbocycles. The fraction of sp³-hybridized carbons (Fsp3) is 0.235. The first kappa shape index (κ1) is 16.7. The molecule has 2 aromatic rings. The van der Waals surface area contributed by atoms with Gasteiger partial charge in [0.2, 0.25) is 0 Å². The number of hydrogen-bond donors (Lipinski definition) is 2. The topological polar surface area (TPSA) is 66.5 Å². The Labute approximate surface area is 151 Å². The molecule has 0 bridgehead atoms. The van der Waals surface area contributed by atoms with E-state index in [0.29, 0.717) is 16.6 Å². The number of benzene rings is 1. The summed E-state index contributed by atoms with van der Waals surface area (Å²) in [6.45, 7) is 1.95. The van der Waals surface area contributed by atoms with Gasteiger partial charge in [0.05, 0.1) is 0 Å². The molecule has 0 saturated carbocycles. The first-order valence-corrected chi connectivity index (χ1v) is 9.02. The van der Waals surface area contributed by atoms with Crippen molar-refractivity contribution >= 4 is 34.9 Å². The van der Waals surface area contributed by atoms with Crippen LogP contribution >= 0.6 is 24.0 Å². The second-order valence-electron chi connectivity index (χ2n) is 5.40. The molecule has 0 atom stereocenters. The van der Waals surface area contributed by atoms with E-state index in [4.69, 9.17) is 18.0 Å². The molecular formula is C17H19N5S2. The molecule has 1 saturated heterocycles. The van der Waals surface area contributed by atoms with Crippen molar-refractivity contribution in [1.29, 1.82) is 0 Å². The summed E-state index contributed by atoms with van der Waals surface area (Å²) in [5.74, 6) is 0.326. The summed E-state index contributed by atoms with van der Waals surface area (Å²) in [6.07, 6.45) is 4.07.